The van der Waals surface area contributed by atoms with Crippen molar-refractivity contribution in [3.8, 4) is 0 Å². The van der Waals surface area contributed by atoms with Crippen LogP contribution in [0.1, 0.15) is 23.2 Å². The minimum atomic E-state index is -4.41. The minimum absolute atomic E-state index is 0. The number of benzene rings is 1. The van der Waals surface area contributed by atoms with Crippen LogP contribution in [0.2, 0.25) is 0 Å². The van der Waals surface area contributed by atoms with Crippen molar-refractivity contribution in [1.82, 2.24) is 15.6 Å². The Kier molecular flexibility index (Phi) is 8.75. The maximum absolute atomic E-state index is 12.7. The van der Waals surface area contributed by atoms with E-state index >= 15 is 0 Å². The van der Waals surface area contributed by atoms with Crippen LogP contribution in [0.25, 0.3) is 0 Å². The molecule has 1 aliphatic heterocycles. The summed E-state index contributed by atoms with van der Waals surface area (Å²) in [6, 6.07) is 8.20. The second-order valence-corrected chi connectivity index (χ2v) is 7.16. The highest BCUT2D eigenvalue weighted by molar-refractivity contribution is 14.0. The molecular formula is C19H23F3IN5S. The molecule has 0 unspecified atom stereocenters. The van der Waals surface area contributed by atoms with E-state index in [0.29, 0.717) is 24.1 Å². The summed E-state index contributed by atoms with van der Waals surface area (Å²) in [6.45, 7) is 5.05. The van der Waals surface area contributed by atoms with Gasteiger partial charge >= 0.3 is 6.18 Å². The molecule has 0 fully saturated rings. The van der Waals surface area contributed by atoms with E-state index in [4.69, 9.17) is 0 Å². The average Bonchev–Trinajstić information content (AvgIpc) is 3.36. The molecule has 0 spiro atoms. The van der Waals surface area contributed by atoms with Crippen LogP contribution < -0.4 is 15.5 Å². The smallest absolute Gasteiger partial charge is 0.364 e. The van der Waals surface area contributed by atoms with E-state index in [1.165, 1.54) is 0 Å². The van der Waals surface area contributed by atoms with Crippen LogP contribution in [0.5, 0.6) is 0 Å². The maximum Gasteiger partial charge on any atom is 0.434 e. The molecule has 1 aromatic heterocycles. The van der Waals surface area contributed by atoms with Gasteiger partial charge in [0.1, 0.15) is 5.01 Å². The fraction of sp³-hybridized carbons (Fsp3) is 0.368. The van der Waals surface area contributed by atoms with Crippen molar-refractivity contribution in [2.75, 3.05) is 24.5 Å². The van der Waals surface area contributed by atoms with Crippen molar-refractivity contribution in [3.63, 3.8) is 0 Å². The van der Waals surface area contributed by atoms with E-state index in [1.54, 1.807) is 0 Å². The number of thiazole rings is 1. The predicted octanol–water partition coefficient (Wildman–Crippen LogP) is 4.41. The molecule has 0 bridgehead atoms. The van der Waals surface area contributed by atoms with Crippen molar-refractivity contribution in [1.29, 1.82) is 0 Å². The zero-order chi connectivity index (χ0) is 20.0. The molecule has 3 rings (SSSR count). The van der Waals surface area contributed by atoms with Gasteiger partial charge in [-0.25, -0.2) is 9.98 Å². The van der Waals surface area contributed by atoms with Crippen molar-refractivity contribution >= 4 is 47.0 Å². The molecule has 2 aromatic rings. The number of nitrogens with zero attached hydrogens (tertiary/aromatic N) is 3. The largest absolute Gasteiger partial charge is 0.434 e. The van der Waals surface area contributed by atoms with E-state index < -0.39 is 11.9 Å². The quantitative estimate of drug-likeness (QED) is 0.248. The summed E-state index contributed by atoms with van der Waals surface area (Å²) in [6.07, 6.45) is -0.134. The van der Waals surface area contributed by atoms with Gasteiger partial charge in [0.15, 0.2) is 11.7 Å². The Hall–Kier alpha value is -1.82. The van der Waals surface area contributed by atoms with E-state index in [-0.39, 0.29) is 30.5 Å². The molecule has 5 nitrogen and oxygen atoms in total. The molecule has 1 aromatic carbocycles. The Balaban J connectivity index is 0.00000300. The van der Waals surface area contributed by atoms with E-state index in [0.717, 1.165) is 41.1 Å². The Bertz CT molecular complexity index is 842. The molecule has 2 N–H and O–H groups in total. The van der Waals surface area contributed by atoms with Gasteiger partial charge in [0.05, 0.1) is 13.1 Å². The number of guanidine groups is 1. The molecule has 1 aliphatic rings. The Morgan fingerprint density at radius 2 is 2.00 bits per heavy atom. The van der Waals surface area contributed by atoms with Gasteiger partial charge in [-0.1, -0.05) is 24.3 Å². The van der Waals surface area contributed by atoms with Gasteiger partial charge in [-0.05, 0) is 24.6 Å². The highest BCUT2D eigenvalue weighted by Crippen LogP contribution is 2.29. The van der Waals surface area contributed by atoms with Gasteiger partial charge in [0, 0.05) is 30.7 Å². The Labute approximate surface area is 189 Å². The van der Waals surface area contributed by atoms with Gasteiger partial charge in [0.2, 0.25) is 0 Å². The molecular weight excluding hydrogens is 514 g/mol. The number of rotatable bonds is 6. The van der Waals surface area contributed by atoms with Crippen LogP contribution in [0, 0.1) is 0 Å². The molecule has 10 heteroatoms. The number of halogens is 4. The van der Waals surface area contributed by atoms with Crippen molar-refractivity contribution in [2.45, 2.75) is 26.2 Å². The summed E-state index contributed by atoms with van der Waals surface area (Å²) in [5.74, 6) is 0.541. The van der Waals surface area contributed by atoms with Crippen LogP contribution in [0.4, 0.5) is 18.9 Å². The molecule has 0 atom stereocenters. The van der Waals surface area contributed by atoms with Gasteiger partial charge in [0.25, 0.3) is 0 Å². The summed E-state index contributed by atoms with van der Waals surface area (Å²) in [5, 5.41) is 7.53. The highest BCUT2D eigenvalue weighted by Gasteiger charge is 2.33. The summed E-state index contributed by atoms with van der Waals surface area (Å²) >= 11 is 0.979. The number of anilines is 1. The summed E-state index contributed by atoms with van der Waals surface area (Å²) in [4.78, 5) is 10.4. The number of hydrogen-bond acceptors (Lipinski definition) is 4. The van der Waals surface area contributed by atoms with E-state index in [1.807, 2.05) is 19.1 Å². The normalized spacial score (nSPS) is 14.1. The number of nitrogens with one attached hydrogen (secondary N) is 2. The van der Waals surface area contributed by atoms with Crippen LogP contribution in [0.15, 0.2) is 46.8 Å². The van der Waals surface area contributed by atoms with E-state index in [2.05, 4.69) is 49.8 Å². The first kappa shape index (κ1) is 23.5. The molecule has 0 aliphatic carbocycles. The summed E-state index contributed by atoms with van der Waals surface area (Å²) in [7, 11) is 0. The van der Waals surface area contributed by atoms with Crippen molar-refractivity contribution in [3.05, 3.63) is 58.1 Å². The first-order chi connectivity index (χ1) is 13.5. The van der Waals surface area contributed by atoms with Crippen molar-refractivity contribution < 1.29 is 13.2 Å². The molecule has 158 valence electrons. The van der Waals surface area contributed by atoms with Gasteiger partial charge in [-0.15, -0.1) is 35.3 Å². The molecule has 0 radical (unpaired) electrons. The van der Waals surface area contributed by atoms with Crippen molar-refractivity contribution in [2.24, 2.45) is 4.99 Å². The number of hydrogen-bond donors (Lipinski definition) is 2. The monoisotopic (exact) mass is 537 g/mol. The lowest BCUT2D eigenvalue weighted by molar-refractivity contribution is -0.140. The lowest BCUT2D eigenvalue weighted by atomic mass is 10.2. The summed E-state index contributed by atoms with van der Waals surface area (Å²) < 4.78 is 38.0. The molecule has 2 heterocycles. The third kappa shape index (κ3) is 6.88. The predicted molar refractivity (Wildman–Crippen MR) is 122 cm³/mol. The molecule has 0 saturated carbocycles. The number of aromatic nitrogens is 1. The third-order valence-corrected chi connectivity index (χ3v) is 4.96. The van der Waals surface area contributed by atoms with E-state index in [9.17, 15) is 13.2 Å². The number of aliphatic imine (C=N–C) groups is 1. The van der Waals surface area contributed by atoms with Crippen LogP contribution >= 0.6 is 35.3 Å². The summed E-state index contributed by atoms with van der Waals surface area (Å²) in [5.41, 5.74) is 1.36. The Morgan fingerprint density at radius 3 is 2.66 bits per heavy atom. The Morgan fingerprint density at radius 1 is 1.24 bits per heavy atom. The standard InChI is InChI=1S/C19H22F3N5S.HI/c1-2-23-18(25-12-17-26-16(13-28-17)19(20,21)22)24-11-14-6-5-7-15(10-14)27-8-3-4-9-27;/h3-7,10,13H,2,8-9,11-12H2,1H3,(H2,23,24,25);1H. The van der Waals surface area contributed by atoms with Gasteiger partial charge < -0.3 is 15.5 Å². The average molecular weight is 537 g/mol. The molecule has 29 heavy (non-hydrogen) atoms. The maximum atomic E-state index is 12.7. The lowest BCUT2D eigenvalue weighted by Crippen LogP contribution is -2.36. The number of alkyl halides is 3. The second kappa shape index (κ2) is 10.8. The van der Waals surface area contributed by atoms with Crippen LogP contribution in [-0.2, 0) is 19.3 Å². The lowest BCUT2D eigenvalue weighted by Gasteiger charge is -2.18. The van der Waals surface area contributed by atoms with Gasteiger partial charge in [-0.3, -0.25) is 0 Å². The molecule has 0 saturated heterocycles. The first-order valence-corrected chi connectivity index (χ1v) is 9.86. The zero-order valence-electron chi connectivity index (χ0n) is 15.9. The topological polar surface area (TPSA) is 52.6 Å². The fourth-order valence-corrected chi connectivity index (χ4v) is 3.47. The second-order valence-electron chi connectivity index (χ2n) is 6.22. The highest BCUT2D eigenvalue weighted by atomic mass is 127. The zero-order valence-corrected chi connectivity index (χ0v) is 19.0. The third-order valence-electron chi connectivity index (χ3n) is 4.11. The first-order valence-electron chi connectivity index (χ1n) is 8.98. The fourth-order valence-electron chi connectivity index (χ4n) is 2.73. The van der Waals surface area contributed by atoms with Crippen LogP contribution in [-0.4, -0.2) is 30.6 Å². The SMILES string of the molecule is CCNC(=NCc1cccc(N2CC=CC2)c1)NCc1nc(C(F)(F)F)cs1.I. The van der Waals surface area contributed by atoms with Crippen LogP contribution in [0.3, 0.4) is 0 Å². The minimum Gasteiger partial charge on any atom is -0.364 e. The van der Waals surface area contributed by atoms with Gasteiger partial charge in [-0.2, -0.15) is 13.2 Å². The molecule has 0 amide bonds.